The number of aromatic nitrogens is 4. The molecule has 0 saturated carbocycles. The molecule has 1 fully saturated rings. The zero-order valence-electron chi connectivity index (χ0n) is 31.4. The first-order valence-corrected chi connectivity index (χ1v) is 18.9. The molecule has 1 saturated heterocycles. The molecule has 0 bridgehead atoms. The highest BCUT2D eigenvalue weighted by Crippen LogP contribution is 2.37. The first kappa shape index (κ1) is 36.3. The number of fused-ring (bicyclic) bond motifs is 3. The Labute approximate surface area is 323 Å². The molecule has 8 rings (SSSR count). The zero-order valence-corrected chi connectivity index (χ0v) is 31.4. The lowest BCUT2D eigenvalue weighted by molar-refractivity contribution is -0.137. The van der Waals surface area contributed by atoms with E-state index in [1.165, 1.54) is 4.90 Å². The van der Waals surface area contributed by atoms with Crippen molar-refractivity contribution in [2.45, 2.75) is 71.0 Å². The normalized spacial score (nSPS) is 17.7. The van der Waals surface area contributed by atoms with Gasteiger partial charge in [0.25, 0.3) is 11.8 Å². The summed E-state index contributed by atoms with van der Waals surface area (Å²) in [6, 6.07) is 16.2. The van der Waals surface area contributed by atoms with E-state index in [0.29, 0.717) is 42.8 Å². The molecule has 6 heterocycles. The molecule has 2 unspecified atom stereocenters. The Morgan fingerprint density at radius 2 is 1.84 bits per heavy atom. The molecule has 13 heteroatoms. The number of nitrogens with one attached hydrogen (secondary N) is 2. The van der Waals surface area contributed by atoms with E-state index in [9.17, 15) is 24.0 Å². The van der Waals surface area contributed by atoms with Crippen molar-refractivity contribution in [2.24, 2.45) is 0 Å². The van der Waals surface area contributed by atoms with E-state index in [4.69, 9.17) is 10.1 Å². The second-order valence-corrected chi connectivity index (χ2v) is 14.3. The summed E-state index contributed by atoms with van der Waals surface area (Å²) in [4.78, 5) is 75.5. The van der Waals surface area contributed by atoms with Gasteiger partial charge >= 0.3 is 0 Å². The standard InChI is InChI=1S/C43H40N8O5/c1-4-28-39-32(5-2)48-51(37(39)24-49(3)42(28)55)35-14-9-12-26-20-34(46-22-30(26)35)27-15-16-33(45-21-27)40(53)44-19-7-6-10-25-11-8-13-29-31(25)23-50(43(29)56)36-17-18-38(52)47-41(36)54/h8-9,11-16,20-22,28,36H,4-5,7,17-19,23-24H2,1-3H3,(H,44,53)(H,47,52,54). The molecule has 3 aliphatic heterocycles. The van der Waals surface area contributed by atoms with Crippen molar-refractivity contribution in [2.75, 3.05) is 13.6 Å². The fourth-order valence-electron chi connectivity index (χ4n) is 7.97. The lowest BCUT2D eigenvalue weighted by Gasteiger charge is -2.30. The molecule has 0 aliphatic carbocycles. The van der Waals surface area contributed by atoms with Gasteiger partial charge in [-0.1, -0.05) is 43.9 Å². The minimum atomic E-state index is -0.691. The molecule has 0 radical (unpaired) electrons. The van der Waals surface area contributed by atoms with Crippen LogP contribution in [-0.4, -0.2) is 78.7 Å². The molecule has 56 heavy (non-hydrogen) atoms. The summed E-state index contributed by atoms with van der Waals surface area (Å²) in [5.74, 6) is 4.78. The highest BCUT2D eigenvalue weighted by molar-refractivity contribution is 6.05. The van der Waals surface area contributed by atoms with Gasteiger partial charge in [-0.05, 0) is 66.6 Å². The van der Waals surface area contributed by atoms with E-state index in [2.05, 4.69) is 34.4 Å². The van der Waals surface area contributed by atoms with Gasteiger partial charge in [0.05, 0.1) is 35.2 Å². The van der Waals surface area contributed by atoms with Gasteiger partial charge in [0, 0.05) is 73.0 Å². The second-order valence-electron chi connectivity index (χ2n) is 14.3. The number of hydrogen-bond acceptors (Lipinski definition) is 8. The number of rotatable bonds is 8. The highest BCUT2D eigenvalue weighted by Gasteiger charge is 2.40. The van der Waals surface area contributed by atoms with Crippen molar-refractivity contribution in [3.63, 3.8) is 0 Å². The molecule has 13 nitrogen and oxygen atoms in total. The van der Waals surface area contributed by atoms with Gasteiger partial charge in [-0.25, -0.2) is 4.68 Å². The van der Waals surface area contributed by atoms with Crippen LogP contribution in [0.5, 0.6) is 0 Å². The van der Waals surface area contributed by atoms with Crippen LogP contribution in [-0.2, 0) is 33.9 Å². The van der Waals surface area contributed by atoms with Crippen LogP contribution in [0.2, 0.25) is 0 Å². The minimum absolute atomic E-state index is 0.135. The molecule has 5 aromatic rings. The third-order valence-corrected chi connectivity index (χ3v) is 10.9. The van der Waals surface area contributed by atoms with Crippen LogP contribution < -0.4 is 10.6 Å². The number of nitrogens with zero attached hydrogens (tertiary/aromatic N) is 6. The maximum atomic E-state index is 13.1. The van der Waals surface area contributed by atoms with Gasteiger partial charge in [-0.15, -0.1) is 0 Å². The Balaban J connectivity index is 0.919. The molecular weight excluding hydrogens is 709 g/mol. The van der Waals surface area contributed by atoms with Crippen LogP contribution in [0.15, 0.2) is 67.0 Å². The topological polar surface area (TPSA) is 159 Å². The monoisotopic (exact) mass is 748 g/mol. The SMILES string of the molecule is CCc1nn(-c2cccc3cc(-c4ccc(C(=O)NCCC#Cc5cccc6c5CN(C5CCC(=O)NC5=O)C6=O)nc4)ncc23)c2c1C(CC)C(=O)N(C)C2. The fraction of sp³-hybridized carbons (Fsp3) is 0.302. The smallest absolute Gasteiger partial charge is 0.269 e. The summed E-state index contributed by atoms with van der Waals surface area (Å²) >= 11 is 0. The molecule has 3 aromatic heterocycles. The van der Waals surface area contributed by atoms with Crippen molar-refractivity contribution < 1.29 is 24.0 Å². The number of piperidine rings is 1. The van der Waals surface area contributed by atoms with Gasteiger partial charge in [0.15, 0.2) is 0 Å². The van der Waals surface area contributed by atoms with Crippen LogP contribution in [0.1, 0.15) is 94.4 Å². The summed E-state index contributed by atoms with van der Waals surface area (Å²) in [6.07, 6.45) is 5.79. The minimum Gasteiger partial charge on any atom is -0.350 e. The number of carbonyl (C=O) groups excluding carboxylic acids is 5. The Hall–Kier alpha value is -6.68. The molecule has 2 aromatic carbocycles. The van der Waals surface area contributed by atoms with E-state index in [1.54, 1.807) is 29.3 Å². The van der Waals surface area contributed by atoms with Crippen molar-refractivity contribution in [3.05, 3.63) is 106 Å². The summed E-state index contributed by atoms with van der Waals surface area (Å²) in [7, 11) is 1.84. The van der Waals surface area contributed by atoms with E-state index in [1.807, 2.05) is 61.2 Å². The summed E-state index contributed by atoms with van der Waals surface area (Å²) in [6.45, 7) is 5.15. The zero-order chi connectivity index (χ0) is 39.1. The molecule has 2 atom stereocenters. The van der Waals surface area contributed by atoms with Crippen LogP contribution >= 0.6 is 0 Å². The fourth-order valence-corrected chi connectivity index (χ4v) is 7.97. The number of carbonyl (C=O) groups is 5. The number of amides is 5. The van der Waals surface area contributed by atoms with Crippen molar-refractivity contribution in [1.82, 2.24) is 40.2 Å². The second kappa shape index (κ2) is 14.9. The summed E-state index contributed by atoms with van der Waals surface area (Å²) < 4.78 is 1.98. The van der Waals surface area contributed by atoms with E-state index >= 15 is 0 Å². The lowest BCUT2D eigenvalue weighted by Crippen LogP contribution is -2.52. The third kappa shape index (κ3) is 6.46. The molecule has 282 valence electrons. The molecule has 2 N–H and O–H groups in total. The van der Waals surface area contributed by atoms with Gasteiger partial charge in [0.1, 0.15) is 11.7 Å². The maximum Gasteiger partial charge on any atom is 0.269 e. The Morgan fingerprint density at radius 1 is 1.00 bits per heavy atom. The van der Waals surface area contributed by atoms with Gasteiger partial charge in [-0.3, -0.25) is 39.3 Å². The predicted molar refractivity (Wildman–Crippen MR) is 207 cm³/mol. The van der Waals surface area contributed by atoms with Crippen molar-refractivity contribution in [3.8, 4) is 28.8 Å². The van der Waals surface area contributed by atoms with Crippen molar-refractivity contribution >= 4 is 40.3 Å². The number of pyridine rings is 2. The number of aryl methyl sites for hydroxylation is 1. The van der Waals surface area contributed by atoms with Gasteiger partial charge in [0.2, 0.25) is 17.7 Å². The largest absolute Gasteiger partial charge is 0.350 e. The Morgan fingerprint density at radius 3 is 2.61 bits per heavy atom. The van der Waals surface area contributed by atoms with Gasteiger partial charge < -0.3 is 15.1 Å². The van der Waals surface area contributed by atoms with E-state index in [0.717, 1.165) is 57.4 Å². The Kier molecular flexibility index (Phi) is 9.64. The number of benzene rings is 2. The van der Waals surface area contributed by atoms with Crippen LogP contribution in [0.4, 0.5) is 0 Å². The lowest BCUT2D eigenvalue weighted by atomic mass is 9.89. The quantitative estimate of drug-likeness (QED) is 0.134. The summed E-state index contributed by atoms with van der Waals surface area (Å²) in [5, 5.41) is 12.1. The maximum absolute atomic E-state index is 13.1. The third-order valence-electron chi connectivity index (χ3n) is 10.9. The van der Waals surface area contributed by atoms with E-state index < -0.39 is 11.9 Å². The van der Waals surface area contributed by atoms with Gasteiger partial charge in [-0.2, -0.15) is 5.10 Å². The first-order valence-electron chi connectivity index (χ1n) is 18.9. The molecular formula is C43H40N8O5. The Bertz CT molecular complexity index is 2510. The predicted octanol–water partition coefficient (Wildman–Crippen LogP) is 4.44. The van der Waals surface area contributed by atoms with E-state index in [-0.39, 0.29) is 48.2 Å². The number of likely N-dealkylation sites (N-methyl/N-ethyl adjacent to an activating group) is 1. The van der Waals surface area contributed by atoms with Crippen LogP contribution in [0.25, 0.3) is 27.7 Å². The molecule has 0 spiro atoms. The average molecular weight is 749 g/mol. The van der Waals surface area contributed by atoms with Crippen molar-refractivity contribution in [1.29, 1.82) is 0 Å². The molecule has 5 amide bonds. The number of imide groups is 1. The average Bonchev–Trinajstić information content (AvgIpc) is 3.74. The molecule has 3 aliphatic rings. The summed E-state index contributed by atoms with van der Waals surface area (Å²) in [5.41, 5.74) is 7.64. The first-order chi connectivity index (χ1) is 27.2. The highest BCUT2D eigenvalue weighted by atomic mass is 16.2. The van der Waals surface area contributed by atoms with Crippen LogP contribution in [0, 0.1) is 11.8 Å². The van der Waals surface area contributed by atoms with Crippen LogP contribution in [0.3, 0.4) is 0 Å². The number of hydrogen-bond donors (Lipinski definition) is 2.